The Balaban J connectivity index is 6.27. The van der Waals surface area contributed by atoms with E-state index >= 15 is 0 Å². The van der Waals surface area contributed by atoms with Crippen molar-refractivity contribution in [3.8, 4) is 0 Å². The Morgan fingerprint density at radius 1 is 0.722 bits per heavy atom. The summed E-state index contributed by atoms with van der Waals surface area (Å²) in [4.78, 5) is 11.2. The molecule has 0 amide bonds. The summed E-state index contributed by atoms with van der Waals surface area (Å²) in [5.41, 5.74) is 0.472. The smallest absolute Gasteiger partial charge is 0.207 e. The maximum atomic E-state index is 11.2. The third kappa shape index (κ3) is 2.95. The third-order valence-electron chi connectivity index (χ3n) is 4.31. The molecular formula is C13H35OSi4. The molecule has 0 fully saturated rings. The van der Waals surface area contributed by atoms with Crippen LogP contribution in [0.2, 0.25) is 68.4 Å². The monoisotopic (exact) mass is 319 g/mol. The largest absolute Gasteiger partial charge is 0.431 e. The molecule has 1 radical (unpaired) electrons. The van der Waals surface area contributed by atoms with Crippen LogP contribution in [-0.4, -0.2) is 38.1 Å². The zero-order chi connectivity index (χ0) is 15.2. The molecule has 0 aliphatic rings. The highest BCUT2D eigenvalue weighted by molar-refractivity contribution is 7.25. The fourth-order valence-corrected chi connectivity index (χ4v) is 44.6. The first kappa shape index (κ1) is 18.8. The van der Waals surface area contributed by atoms with Gasteiger partial charge in [0, 0.05) is 24.2 Å². The summed E-state index contributed by atoms with van der Waals surface area (Å²) >= 11 is 0. The van der Waals surface area contributed by atoms with Crippen LogP contribution in [-0.2, 0) is 0 Å². The van der Waals surface area contributed by atoms with Gasteiger partial charge in [-0.15, -0.1) is 0 Å². The minimum absolute atomic E-state index is 0.367. The van der Waals surface area contributed by atoms with Crippen molar-refractivity contribution in [2.24, 2.45) is 0 Å². The van der Waals surface area contributed by atoms with E-state index in [1.165, 1.54) is 0 Å². The highest BCUT2D eigenvalue weighted by Gasteiger charge is 2.64. The van der Waals surface area contributed by atoms with E-state index in [2.05, 4.69) is 72.8 Å². The Hall–Kier alpha value is 0.828. The van der Waals surface area contributed by atoms with E-state index in [-0.39, 0.29) is 0 Å². The molecule has 1 nitrogen and oxygen atoms in total. The molecule has 0 bridgehead atoms. The molecule has 0 heterocycles. The summed E-state index contributed by atoms with van der Waals surface area (Å²) < 4.78 is 0.367. The van der Waals surface area contributed by atoms with E-state index in [0.717, 1.165) is 0 Å². The van der Waals surface area contributed by atoms with Crippen LogP contribution in [0.3, 0.4) is 0 Å². The van der Waals surface area contributed by atoms with Gasteiger partial charge in [0.05, 0.1) is 0 Å². The second kappa shape index (κ2) is 5.31. The predicted octanol–water partition coefficient (Wildman–Crippen LogP) is 4.75. The van der Waals surface area contributed by atoms with Gasteiger partial charge in [0.1, 0.15) is 0 Å². The van der Waals surface area contributed by atoms with Gasteiger partial charge in [0.25, 0.3) is 0 Å². The van der Waals surface area contributed by atoms with Crippen LogP contribution >= 0.6 is 0 Å². The first-order valence-electron chi connectivity index (χ1n) is 7.17. The van der Waals surface area contributed by atoms with Crippen molar-refractivity contribution in [3.05, 3.63) is 0 Å². The Morgan fingerprint density at radius 3 is 1.00 bits per heavy atom. The quantitative estimate of drug-likeness (QED) is 0.725. The van der Waals surface area contributed by atoms with Crippen molar-refractivity contribution in [2.75, 3.05) is 0 Å². The molecule has 0 aromatic rings. The van der Waals surface area contributed by atoms with Crippen molar-refractivity contribution < 1.29 is 4.80 Å². The Morgan fingerprint density at radius 2 is 0.944 bits per heavy atom. The molecular weight excluding hydrogens is 284 g/mol. The number of rotatable bonds is 5. The molecule has 0 aromatic heterocycles. The first-order valence-corrected chi connectivity index (χ1v) is 19.2. The first-order chi connectivity index (χ1) is 7.60. The Bertz CT molecular complexity index is 245. The van der Waals surface area contributed by atoms with E-state index in [4.69, 9.17) is 0 Å². The Kier molecular flexibility index (Phi) is 5.56. The maximum Gasteiger partial charge on any atom is 0.207 e. The van der Waals surface area contributed by atoms with E-state index in [0.29, 0.717) is 9.45 Å². The number of hydrogen-bond acceptors (Lipinski definition) is 1. The summed E-state index contributed by atoms with van der Waals surface area (Å²) in [5.74, 6) is 0. The van der Waals surface area contributed by atoms with E-state index in [9.17, 15) is 4.80 Å². The van der Waals surface area contributed by atoms with Crippen molar-refractivity contribution >= 4 is 33.3 Å². The number of hydrogen-bond donors (Lipinski definition) is 1. The van der Waals surface area contributed by atoms with E-state index in [1.54, 1.807) is 0 Å². The van der Waals surface area contributed by atoms with E-state index in [1.807, 2.05) is 0 Å². The molecule has 5 heteroatoms. The van der Waals surface area contributed by atoms with Crippen molar-refractivity contribution in [1.29, 1.82) is 0 Å². The van der Waals surface area contributed by atoms with Crippen LogP contribution in [0.4, 0.5) is 0 Å². The van der Waals surface area contributed by atoms with Gasteiger partial charge in [-0.1, -0.05) is 72.8 Å². The third-order valence-corrected chi connectivity index (χ3v) is 35.5. The van der Waals surface area contributed by atoms with Crippen LogP contribution in [0.1, 0.15) is 13.8 Å². The molecule has 0 unspecified atom stereocenters. The standard InChI is InChI=1S/C13H35OSi4/c1-12(2)15(14)13(16(3,4)5,17(6,7)8)18(9,10)11/h12,14H,1-11H3. The normalized spacial score (nSPS) is 15.7. The van der Waals surface area contributed by atoms with Gasteiger partial charge >= 0.3 is 0 Å². The Labute approximate surface area is 120 Å². The van der Waals surface area contributed by atoms with Crippen molar-refractivity contribution in [3.63, 3.8) is 0 Å². The lowest BCUT2D eigenvalue weighted by molar-refractivity contribution is 0.546. The summed E-state index contributed by atoms with van der Waals surface area (Å²) in [6, 6.07) is 0. The van der Waals surface area contributed by atoms with Crippen molar-refractivity contribution in [2.45, 2.75) is 82.2 Å². The van der Waals surface area contributed by atoms with Crippen molar-refractivity contribution in [1.82, 2.24) is 0 Å². The fraction of sp³-hybridized carbons (Fsp3) is 1.00. The topological polar surface area (TPSA) is 20.2 Å². The molecule has 0 atom stereocenters. The zero-order valence-corrected chi connectivity index (χ0v) is 18.5. The van der Waals surface area contributed by atoms with Gasteiger partial charge in [-0.2, -0.15) is 0 Å². The van der Waals surface area contributed by atoms with Crippen LogP contribution in [0.15, 0.2) is 0 Å². The summed E-state index contributed by atoms with van der Waals surface area (Å²) in [7, 11) is -5.54. The molecule has 0 aliphatic heterocycles. The van der Waals surface area contributed by atoms with Crippen LogP contribution in [0.25, 0.3) is 0 Å². The highest BCUT2D eigenvalue weighted by atomic mass is 28.5. The summed E-state index contributed by atoms with van der Waals surface area (Å²) in [5, 5.41) is 0. The van der Waals surface area contributed by atoms with E-state index < -0.39 is 33.3 Å². The van der Waals surface area contributed by atoms with Crippen LogP contribution in [0, 0.1) is 0 Å². The van der Waals surface area contributed by atoms with Crippen LogP contribution in [0.5, 0.6) is 0 Å². The molecule has 0 spiro atoms. The van der Waals surface area contributed by atoms with Gasteiger partial charge < -0.3 is 4.80 Å². The lowest BCUT2D eigenvalue weighted by atomic mass is 10.6. The summed E-state index contributed by atoms with van der Waals surface area (Å²) in [6.45, 7) is 27.0. The maximum absolute atomic E-state index is 11.2. The molecule has 0 saturated carbocycles. The molecule has 0 saturated heterocycles. The average Bonchev–Trinajstić information content (AvgIpc) is 1.94. The van der Waals surface area contributed by atoms with Gasteiger partial charge in [-0.25, -0.2) is 0 Å². The zero-order valence-electron chi connectivity index (χ0n) is 14.5. The molecule has 0 rings (SSSR count). The van der Waals surface area contributed by atoms with Gasteiger partial charge in [-0.3, -0.25) is 0 Å². The van der Waals surface area contributed by atoms with Crippen LogP contribution < -0.4 is 0 Å². The lowest BCUT2D eigenvalue weighted by Gasteiger charge is -2.61. The second-order valence-electron chi connectivity index (χ2n) is 9.04. The minimum Gasteiger partial charge on any atom is -0.431 e. The van der Waals surface area contributed by atoms with Gasteiger partial charge in [-0.05, 0) is 9.45 Å². The molecule has 0 aromatic carbocycles. The minimum atomic E-state index is -1.41. The average molecular weight is 320 g/mol. The van der Waals surface area contributed by atoms with Gasteiger partial charge in [0.15, 0.2) is 0 Å². The van der Waals surface area contributed by atoms with Gasteiger partial charge in [0.2, 0.25) is 9.04 Å². The molecule has 109 valence electrons. The molecule has 1 N–H and O–H groups in total. The SMILES string of the molecule is CC(C)[Si](O)C([Si](C)(C)C)([Si](C)(C)C)[Si](C)(C)C. The predicted molar refractivity (Wildman–Crippen MR) is 95.8 cm³/mol. The lowest BCUT2D eigenvalue weighted by Crippen LogP contribution is -2.72. The fourth-order valence-electron chi connectivity index (χ4n) is 4.96. The summed E-state index contributed by atoms with van der Waals surface area (Å²) in [6.07, 6.45) is 0. The highest BCUT2D eigenvalue weighted by Crippen LogP contribution is 2.56. The molecule has 0 aliphatic carbocycles. The second-order valence-corrected chi connectivity index (χ2v) is 30.5. The molecule has 18 heavy (non-hydrogen) atoms.